The highest BCUT2D eigenvalue weighted by molar-refractivity contribution is 5.87. The van der Waals surface area contributed by atoms with E-state index >= 15 is 8.78 Å². The predicted molar refractivity (Wildman–Crippen MR) is 106 cm³/mol. The molecule has 4 aliphatic carbocycles. The van der Waals surface area contributed by atoms with Crippen LogP contribution < -0.4 is 0 Å². The number of hydrogen-bond donors (Lipinski definition) is 1. The molecule has 7 heteroatoms. The van der Waals surface area contributed by atoms with Crippen molar-refractivity contribution in [3.63, 3.8) is 0 Å². The third kappa shape index (κ3) is 2.99. The summed E-state index contributed by atoms with van der Waals surface area (Å²) in [5.41, 5.74) is -3.48. The van der Waals surface area contributed by atoms with Crippen LogP contribution in [0.4, 0.5) is 8.78 Å². The van der Waals surface area contributed by atoms with E-state index in [2.05, 4.69) is 6.58 Å². The van der Waals surface area contributed by atoms with E-state index < -0.39 is 35.1 Å². The molecule has 5 nitrogen and oxygen atoms in total. The number of halogens is 2. The molecule has 0 spiro atoms. The van der Waals surface area contributed by atoms with Gasteiger partial charge in [0.15, 0.2) is 5.60 Å². The molecule has 4 atom stereocenters. The van der Waals surface area contributed by atoms with E-state index in [1.165, 1.54) is 6.92 Å². The van der Waals surface area contributed by atoms with Crippen molar-refractivity contribution in [2.45, 2.75) is 102 Å². The van der Waals surface area contributed by atoms with Gasteiger partial charge in [-0.3, -0.25) is 0 Å². The average molecular weight is 429 g/mol. The zero-order chi connectivity index (χ0) is 22.4. The van der Waals surface area contributed by atoms with Crippen LogP contribution in [0.15, 0.2) is 12.2 Å². The maximum absolute atomic E-state index is 15.0. The Balaban J connectivity index is 1.64. The number of esters is 1. The van der Waals surface area contributed by atoms with Crippen LogP contribution in [0.5, 0.6) is 0 Å². The number of aliphatic hydroxyl groups is 1. The summed E-state index contributed by atoms with van der Waals surface area (Å²) < 4.78 is 47.3. The first-order valence-corrected chi connectivity index (χ1v) is 10.9. The number of carbonyl (C=O) groups is 1. The van der Waals surface area contributed by atoms with Crippen LogP contribution in [0.1, 0.15) is 73.1 Å². The van der Waals surface area contributed by atoms with E-state index in [-0.39, 0.29) is 11.4 Å². The molecule has 1 saturated heterocycles. The smallest absolute Gasteiger partial charge is 0.333 e. The molecule has 4 saturated carbocycles. The lowest BCUT2D eigenvalue weighted by molar-refractivity contribution is -0.320. The van der Waals surface area contributed by atoms with Gasteiger partial charge in [0, 0.05) is 11.0 Å². The van der Waals surface area contributed by atoms with Gasteiger partial charge >= 0.3 is 11.9 Å². The van der Waals surface area contributed by atoms with E-state index in [0.29, 0.717) is 23.8 Å². The van der Waals surface area contributed by atoms with Crippen LogP contribution in [0, 0.1) is 17.3 Å². The summed E-state index contributed by atoms with van der Waals surface area (Å²) >= 11 is 0. The minimum absolute atomic E-state index is 0.368. The molecule has 4 unspecified atom stereocenters. The Kier molecular flexibility index (Phi) is 4.62. The molecule has 0 radical (unpaired) electrons. The lowest BCUT2D eigenvalue weighted by atomic mass is 9.44. The van der Waals surface area contributed by atoms with Crippen LogP contribution in [-0.2, 0) is 19.0 Å². The summed E-state index contributed by atoms with van der Waals surface area (Å²) in [4.78, 5) is 12.4. The summed E-state index contributed by atoms with van der Waals surface area (Å²) in [5, 5.41) is 10.1. The van der Waals surface area contributed by atoms with Gasteiger partial charge in [-0.1, -0.05) is 6.58 Å². The molecule has 1 heterocycles. The first-order chi connectivity index (χ1) is 13.6. The number of ether oxygens (including phenoxy) is 3. The maximum atomic E-state index is 15.0. The summed E-state index contributed by atoms with van der Waals surface area (Å²) in [7, 11) is 0. The van der Waals surface area contributed by atoms with Crippen molar-refractivity contribution in [2.24, 2.45) is 17.3 Å². The molecular weight excluding hydrogens is 394 g/mol. The highest BCUT2D eigenvalue weighted by Crippen LogP contribution is 2.67. The van der Waals surface area contributed by atoms with E-state index in [9.17, 15) is 9.90 Å². The van der Waals surface area contributed by atoms with Crippen LogP contribution in [0.2, 0.25) is 0 Å². The van der Waals surface area contributed by atoms with Gasteiger partial charge in [-0.05, 0) is 85.0 Å². The number of alkyl halides is 2. The van der Waals surface area contributed by atoms with Gasteiger partial charge in [-0.15, -0.1) is 0 Å². The normalized spacial score (nSPS) is 46.8. The maximum Gasteiger partial charge on any atom is 0.333 e. The Bertz CT molecular complexity index is 760. The molecule has 170 valence electrons. The van der Waals surface area contributed by atoms with Gasteiger partial charge in [-0.25, -0.2) is 4.79 Å². The van der Waals surface area contributed by atoms with Gasteiger partial charge in [-0.2, -0.15) is 8.78 Å². The largest absolute Gasteiger partial charge is 0.456 e. The van der Waals surface area contributed by atoms with Crippen molar-refractivity contribution in [3.05, 3.63) is 12.2 Å². The summed E-state index contributed by atoms with van der Waals surface area (Å²) in [6.07, 6.45) is 5.02. The van der Waals surface area contributed by atoms with Gasteiger partial charge in [0.2, 0.25) is 5.79 Å². The number of carbonyl (C=O) groups excluding carboxylic acids is 1. The van der Waals surface area contributed by atoms with E-state index in [4.69, 9.17) is 14.2 Å². The Labute approximate surface area is 177 Å². The second kappa shape index (κ2) is 6.26. The molecule has 0 aromatic rings. The molecule has 0 aromatic carbocycles. The van der Waals surface area contributed by atoms with E-state index in [0.717, 1.165) is 39.0 Å². The van der Waals surface area contributed by atoms with E-state index in [1.54, 1.807) is 6.92 Å². The fourth-order valence-corrected chi connectivity index (χ4v) is 7.00. The molecule has 0 amide bonds. The van der Waals surface area contributed by atoms with Crippen LogP contribution in [-0.4, -0.2) is 46.2 Å². The highest BCUT2D eigenvalue weighted by Gasteiger charge is 2.72. The van der Waals surface area contributed by atoms with Crippen LogP contribution in [0.3, 0.4) is 0 Å². The van der Waals surface area contributed by atoms with Crippen molar-refractivity contribution in [3.8, 4) is 0 Å². The molecule has 0 aromatic heterocycles. The van der Waals surface area contributed by atoms with Gasteiger partial charge < -0.3 is 19.3 Å². The van der Waals surface area contributed by atoms with Gasteiger partial charge in [0.05, 0.1) is 12.2 Å². The molecule has 1 aliphatic heterocycles. The van der Waals surface area contributed by atoms with Crippen molar-refractivity contribution in [1.29, 1.82) is 0 Å². The lowest BCUT2D eigenvalue weighted by Gasteiger charge is -2.66. The highest BCUT2D eigenvalue weighted by atomic mass is 19.3. The Morgan fingerprint density at radius 2 is 1.73 bits per heavy atom. The molecule has 5 rings (SSSR count). The lowest BCUT2D eigenvalue weighted by Crippen LogP contribution is -2.66. The van der Waals surface area contributed by atoms with Crippen LogP contribution >= 0.6 is 0 Å². The molecule has 5 fully saturated rings. The topological polar surface area (TPSA) is 65.0 Å². The first-order valence-electron chi connectivity index (χ1n) is 10.9. The van der Waals surface area contributed by atoms with E-state index in [1.807, 2.05) is 13.8 Å². The number of rotatable bonds is 5. The van der Waals surface area contributed by atoms with Crippen molar-refractivity contribution >= 4 is 5.97 Å². The third-order valence-corrected chi connectivity index (χ3v) is 8.30. The fraction of sp³-hybridized carbons (Fsp3) is 0.870. The quantitative estimate of drug-likeness (QED) is 0.520. The summed E-state index contributed by atoms with van der Waals surface area (Å²) in [6.45, 7) is 11.0. The van der Waals surface area contributed by atoms with Gasteiger partial charge in [0.1, 0.15) is 5.60 Å². The molecule has 1 N–H and O–H groups in total. The van der Waals surface area contributed by atoms with Gasteiger partial charge in [0.25, 0.3) is 0 Å². The second-order valence-electron chi connectivity index (χ2n) is 11.3. The standard InChI is InChI=1S/C23H34F2O5/c1-14(2)17(26)29-22-10-15-7-16(11-22)9-21(8-15,12-22)18(3,4)30-19(5)13-28-20(6,27)23(19,24)25/h15-16,27H,1,7-13H2,2-6H3. The summed E-state index contributed by atoms with van der Waals surface area (Å²) in [6, 6.07) is 0. The molecular formula is C23H34F2O5. The molecule has 4 bridgehead atoms. The molecule has 5 aliphatic rings. The fourth-order valence-electron chi connectivity index (χ4n) is 7.00. The summed E-state index contributed by atoms with van der Waals surface area (Å²) in [5.74, 6) is -5.77. The van der Waals surface area contributed by atoms with Crippen molar-refractivity contribution in [2.75, 3.05) is 6.61 Å². The SMILES string of the molecule is C=C(C)C(=O)OC12CC3CC(C1)CC(C(C)(C)OC1(C)COC(C)(O)C1(F)F)(C3)C2. The first kappa shape index (κ1) is 22.2. The Hall–Kier alpha value is -1.05. The third-order valence-electron chi connectivity index (χ3n) is 8.30. The zero-order valence-electron chi connectivity index (χ0n) is 18.6. The second-order valence-corrected chi connectivity index (χ2v) is 11.3. The zero-order valence-corrected chi connectivity index (χ0v) is 18.6. The Morgan fingerprint density at radius 3 is 2.20 bits per heavy atom. The predicted octanol–water partition coefficient (Wildman–Crippen LogP) is 4.37. The molecule has 30 heavy (non-hydrogen) atoms. The minimum atomic E-state index is -3.57. The van der Waals surface area contributed by atoms with Crippen molar-refractivity contribution < 1.29 is 32.9 Å². The minimum Gasteiger partial charge on any atom is -0.456 e. The average Bonchev–Trinajstić information content (AvgIpc) is 2.72. The van der Waals surface area contributed by atoms with Crippen molar-refractivity contribution in [1.82, 2.24) is 0 Å². The Morgan fingerprint density at radius 1 is 1.17 bits per heavy atom. The number of hydrogen-bond acceptors (Lipinski definition) is 5. The monoisotopic (exact) mass is 428 g/mol. The van der Waals surface area contributed by atoms with Crippen LogP contribution in [0.25, 0.3) is 0 Å².